The van der Waals surface area contributed by atoms with Gasteiger partial charge in [0.15, 0.2) is 0 Å². The van der Waals surface area contributed by atoms with Crippen LogP contribution < -0.4 is 0 Å². The molecule has 2 saturated heterocycles. The summed E-state index contributed by atoms with van der Waals surface area (Å²) in [4.78, 5) is 14.8. The maximum atomic E-state index is 12.5. The van der Waals surface area contributed by atoms with Crippen molar-refractivity contribution in [1.29, 1.82) is 0 Å². The van der Waals surface area contributed by atoms with Gasteiger partial charge in [0.2, 0.25) is 5.91 Å². The van der Waals surface area contributed by atoms with Crippen molar-refractivity contribution in [2.45, 2.75) is 82.9 Å². The molecule has 3 heteroatoms. The molecule has 1 amide bonds. The number of hydrogen-bond acceptors (Lipinski definition) is 2. The van der Waals surface area contributed by atoms with E-state index in [2.05, 4.69) is 11.8 Å². The quantitative estimate of drug-likeness (QED) is 0.784. The van der Waals surface area contributed by atoms with E-state index in [1.807, 2.05) is 0 Å². The number of hydrogen-bond donors (Lipinski definition) is 0. The molecule has 0 aromatic rings. The highest BCUT2D eigenvalue weighted by Crippen LogP contribution is 2.40. The van der Waals surface area contributed by atoms with Crippen LogP contribution in [0.2, 0.25) is 0 Å². The Balaban J connectivity index is 1.55. The van der Waals surface area contributed by atoms with Gasteiger partial charge in [0.25, 0.3) is 0 Å². The molecule has 0 aromatic carbocycles. The molecule has 1 saturated carbocycles. The van der Waals surface area contributed by atoms with E-state index in [1.165, 1.54) is 38.5 Å². The number of likely N-dealkylation sites (tertiary alicyclic amines) is 1. The van der Waals surface area contributed by atoms with E-state index in [-0.39, 0.29) is 0 Å². The Bertz CT molecular complexity index is 325. The summed E-state index contributed by atoms with van der Waals surface area (Å²) in [6.07, 6.45) is 10.8. The van der Waals surface area contributed by atoms with Crippen molar-refractivity contribution in [2.24, 2.45) is 5.92 Å². The molecule has 2 aliphatic heterocycles. The molecule has 0 unspecified atom stereocenters. The molecule has 0 radical (unpaired) electrons. The summed E-state index contributed by atoms with van der Waals surface area (Å²) in [6, 6.07) is 1.02. The molecule has 0 spiro atoms. The van der Waals surface area contributed by atoms with Crippen LogP contribution in [-0.2, 0) is 9.53 Å². The van der Waals surface area contributed by atoms with E-state index in [0.717, 1.165) is 25.4 Å². The molecule has 4 atom stereocenters. The lowest BCUT2D eigenvalue weighted by Crippen LogP contribution is -2.42. The Morgan fingerprint density at radius 3 is 2.84 bits per heavy atom. The van der Waals surface area contributed by atoms with Crippen LogP contribution in [0.3, 0.4) is 0 Å². The van der Waals surface area contributed by atoms with Gasteiger partial charge < -0.3 is 9.64 Å². The van der Waals surface area contributed by atoms with Gasteiger partial charge in [-0.25, -0.2) is 0 Å². The van der Waals surface area contributed by atoms with Crippen molar-refractivity contribution in [1.82, 2.24) is 4.90 Å². The van der Waals surface area contributed by atoms with Crippen molar-refractivity contribution in [3.8, 4) is 0 Å². The summed E-state index contributed by atoms with van der Waals surface area (Å²) < 4.78 is 5.63. The lowest BCUT2D eigenvalue weighted by molar-refractivity contribution is -0.135. The molecule has 108 valence electrons. The molecule has 3 rings (SSSR count). The third-order valence-electron chi connectivity index (χ3n) is 5.34. The lowest BCUT2D eigenvalue weighted by Gasteiger charge is -2.33. The number of rotatable bonds is 3. The first kappa shape index (κ1) is 13.4. The first-order chi connectivity index (χ1) is 9.25. The van der Waals surface area contributed by atoms with Crippen molar-refractivity contribution in [3.63, 3.8) is 0 Å². The summed E-state index contributed by atoms with van der Waals surface area (Å²) >= 11 is 0. The monoisotopic (exact) mass is 265 g/mol. The van der Waals surface area contributed by atoms with Crippen LogP contribution in [0.4, 0.5) is 0 Å². The van der Waals surface area contributed by atoms with Crippen LogP contribution in [0.25, 0.3) is 0 Å². The van der Waals surface area contributed by atoms with Gasteiger partial charge in [-0.15, -0.1) is 0 Å². The Labute approximate surface area is 116 Å². The summed E-state index contributed by atoms with van der Waals surface area (Å²) in [6.45, 7) is 3.13. The van der Waals surface area contributed by atoms with Crippen LogP contribution in [0, 0.1) is 5.92 Å². The van der Waals surface area contributed by atoms with E-state index in [1.54, 1.807) is 0 Å². The Kier molecular flexibility index (Phi) is 4.11. The third-order valence-corrected chi connectivity index (χ3v) is 5.34. The molecule has 1 aliphatic carbocycles. The van der Waals surface area contributed by atoms with Crippen LogP contribution in [0.15, 0.2) is 0 Å². The maximum Gasteiger partial charge on any atom is 0.223 e. The van der Waals surface area contributed by atoms with Gasteiger partial charge in [-0.05, 0) is 51.4 Å². The van der Waals surface area contributed by atoms with Gasteiger partial charge in [0.1, 0.15) is 0 Å². The fourth-order valence-corrected chi connectivity index (χ4v) is 4.42. The predicted octanol–water partition coefficient (Wildman–Crippen LogP) is 3.13. The minimum atomic E-state index is 0.351. The first-order valence-electron chi connectivity index (χ1n) is 8.18. The molecule has 2 heterocycles. The van der Waals surface area contributed by atoms with E-state index < -0.39 is 0 Å². The van der Waals surface area contributed by atoms with Crippen molar-refractivity contribution >= 4 is 5.91 Å². The Morgan fingerprint density at radius 1 is 1.21 bits per heavy atom. The smallest absolute Gasteiger partial charge is 0.223 e. The van der Waals surface area contributed by atoms with E-state index in [9.17, 15) is 4.79 Å². The number of carbonyl (C=O) groups is 1. The summed E-state index contributed by atoms with van der Waals surface area (Å²) in [5, 5.41) is 0. The third kappa shape index (κ3) is 2.81. The molecule has 3 aliphatic rings. The minimum absolute atomic E-state index is 0.351. The normalized spacial score (nSPS) is 38.5. The van der Waals surface area contributed by atoms with E-state index >= 15 is 0 Å². The zero-order chi connectivity index (χ0) is 13.2. The molecular formula is C16H27NO2. The highest BCUT2D eigenvalue weighted by atomic mass is 16.5. The SMILES string of the molecule is C[C@@H]1C[C@@H]2CCCC[C@@H]2N1C(=O)CC[C@H]1CCCO1. The number of ether oxygens (including phenoxy) is 1. The highest BCUT2D eigenvalue weighted by molar-refractivity contribution is 5.77. The average Bonchev–Trinajstić information content (AvgIpc) is 3.02. The first-order valence-corrected chi connectivity index (χ1v) is 8.18. The second-order valence-corrected chi connectivity index (χ2v) is 6.67. The zero-order valence-corrected chi connectivity index (χ0v) is 12.1. The second kappa shape index (κ2) is 5.82. The molecule has 3 fully saturated rings. The van der Waals surface area contributed by atoms with E-state index in [4.69, 9.17) is 4.74 Å². The number of nitrogens with zero attached hydrogens (tertiary/aromatic N) is 1. The van der Waals surface area contributed by atoms with E-state index in [0.29, 0.717) is 30.5 Å². The number of carbonyl (C=O) groups excluding carboxylic acids is 1. The van der Waals surface area contributed by atoms with Gasteiger partial charge in [-0.1, -0.05) is 12.8 Å². The molecule has 3 nitrogen and oxygen atoms in total. The predicted molar refractivity (Wildman–Crippen MR) is 74.9 cm³/mol. The topological polar surface area (TPSA) is 29.5 Å². The maximum absolute atomic E-state index is 12.5. The summed E-state index contributed by atoms with van der Waals surface area (Å²) in [5.74, 6) is 1.17. The zero-order valence-electron chi connectivity index (χ0n) is 12.1. The van der Waals surface area contributed by atoms with Crippen LogP contribution >= 0.6 is 0 Å². The molecule has 19 heavy (non-hydrogen) atoms. The Hall–Kier alpha value is -0.570. The standard InChI is InChI=1S/C16H27NO2/c1-12-11-13-5-2-3-7-15(13)17(12)16(18)9-8-14-6-4-10-19-14/h12-15H,2-11H2,1H3/t12-,13+,14-,15+/m1/s1. The molecule has 0 N–H and O–H groups in total. The van der Waals surface area contributed by atoms with Gasteiger partial charge in [-0.2, -0.15) is 0 Å². The van der Waals surface area contributed by atoms with Gasteiger partial charge in [0.05, 0.1) is 6.10 Å². The molecular weight excluding hydrogens is 238 g/mol. The van der Waals surface area contributed by atoms with Crippen LogP contribution in [0.5, 0.6) is 0 Å². The largest absolute Gasteiger partial charge is 0.378 e. The van der Waals surface area contributed by atoms with Crippen molar-refractivity contribution < 1.29 is 9.53 Å². The van der Waals surface area contributed by atoms with Gasteiger partial charge in [-0.3, -0.25) is 4.79 Å². The number of fused-ring (bicyclic) bond motifs is 1. The van der Waals surface area contributed by atoms with Gasteiger partial charge >= 0.3 is 0 Å². The minimum Gasteiger partial charge on any atom is -0.378 e. The summed E-state index contributed by atoms with van der Waals surface area (Å²) in [7, 11) is 0. The molecule has 0 bridgehead atoms. The lowest BCUT2D eigenvalue weighted by atomic mass is 9.85. The Morgan fingerprint density at radius 2 is 2.05 bits per heavy atom. The van der Waals surface area contributed by atoms with Gasteiger partial charge in [0, 0.05) is 25.1 Å². The van der Waals surface area contributed by atoms with Crippen LogP contribution in [0.1, 0.15) is 64.7 Å². The fraction of sp³-hybridized carbons (Fsp3) is 0.938. The van der Waals surface area contributed by atoms with Crippen molar-refractivity contribution in [2.75, 3.05) is 6.61 Å². The number of amides is 1. The summed E-state index contributed by atoms with van der Waals surface area (Å²) in [5.41, 5.74) is 0. The average molecular weight is 265 g/mol. The highest BCUT2D eigenvalue weighted by Gasteiger charge is 2.42. The van der Waals surface area contributed by atoms with Crippen LogP contribution in [-0.4, -0.2) is 35.6 Å². The van der Waals surface area contributed by atoms with Crippen molar-refractivity contribution in [3.05, 3.63) is 0 Å². The fourth-order valence-electron chi connectivity index (χ4n) is 4.42. The second-order valence-electron chi connectivity index (χ2n) is 6.67. The molecule has 0 aromatic heterocycles.